The van der Waals surface area contributed by atoms with E-state index in [4.69, 9.17) is 9.98 Å². The Kier molecular flexibility index (Phi) is 10.9. The average molecular weight is 805 g/mol. The molecule has 0 aliphatic heterocycles. The van der Waals surface area contributed by atoms with Gasteiger partial charge >= 0.3 is 0 Å². The van der Waals surface area contributed by atoms with Gasteiger partial charge in [0, 0.05) is 34.7 Å². The molecule has 0 radical (unpaired) electrons. The number of rotatable bonds is 10. The number of aromatic hydroxyl groups is 2. The van der Waals surface area contributed by atoms with Gasteiger partial charge in [-0.25, -0.2) is 0 Å². The van der Waals surface area contributed by atoms with Gasteiger partial charge in [0.1, 0.15) is 11.5 Å². The molecule has 0 aromatic heterocycles. The summed E-state index contributed by atoms with van der Waals surface area (Å²) < 4.78 is 0. The molecule has 0 bridgehead atoms. The van der Waals surface area contributed by atoms with Crippen LogP contribution in [0.2, 0.25) is 0 Å². The monoisotopic (exact) mass is 804 g/mol. The van der Waals surface area contributed by atoms with Gasteiger partial charge in [-0.1, -0.05) is 183 Å². The molecule has 0 spiro atoms. The quantitative estimate of drug-likeness (QED) is 0.135. The maximum Gasteiger partial charge on any atom is 0.132 e. The number of fused-ring (bicyclic) bond motifs is 3. The molecule has 9 aromatic rings. The van der Waals surface area contributed by atoms with Crippen LogP contribution in [0.3, 0.4) is 0 Å². The summed E-state index contributed by atoms with van der Waals surface area (Å²) in [6, 6.07) is 62.9. The highest BCUT2D eigenvalue weighted by molar-refractivity contribution is 6.11. The lowest BCUT2D eigenvalue weighted by Gasteiger charge is -2.25. The van der Waals surface area contributed by atoms with Crippen molar-refractivity contribution < 1.29 is 10.2 Å². The van der Waals surface area contributed by atoms with Gasteiger partial charge in [0.05, 0.1) is 12.1 Å². The smallest absolute Gasteiger partial charge is 0.132 e. The fraction of sp³-hybridized carbons (Fsp3) is 0.138. The van der Waals surface area contributed by atoms with Crippen molar-refractivity contribution in [3.8, 4) is 33.8 Å². The molecule has 1 aliphatic carbocycles. The lowest BCUT2D eigenvalue weighted by atomic mass is 9.86. The molecular weight excluding hydrogens is 757 g/mol. The molecule has 9 aromatic carbocycles. The number of hydrogen-bond acceptors (Lipinski definition) is 4. The normalized spacial score (nSPS) is 15.6. The summed E-state index contributed by atoms with van der Waals surface area (Å²) in [5, 5.41) is 30.9. The first kappa shape index (κ1) is 38.9. The van der Waals surface area contributed by atoms with Crippen LogP contribution < -0.4 is 0 Å². The van der Waals surface area contributed by atoms with Crippen LogP contribution in [0.15, 0.2) is 192 Å². The molecule has 0 saturated heterocycles. The molecule has 0 amide bonds. The number of nitrogens with zero attached hydrogens (tertiary/aromatic N) is 2. The van der Waals surface area contributed by atoms with Gasteiger partial charge in [-0.05, 0) is 104 Å². The van der Waals surface area contributed by atoms with Crippen LogP contribution in [-0.4, -0.2) is 34.7 Å². The van der Waals surface area contributed by atoms with Crippen molar-refractivity contribution in [2.24, 2.45) is 9.98 Å². The topological polar surface area (TPSA) is 65.2 Å². The molecular formula is C58H48N2O2. The molecule has 0 heterocycles. The van der Waals surface area contributed by atoms with Crippen molar-refractivity contribution in [1.82, 2.24) is 0 Å². The Hall–Kier alpha value is -7.30. The second-order valence-electron chi connectivity index (χ2n) is 16.6. The van der Waals surface area contributed by atoms with E-state index in [0.29, 0.717) is 11.1 Å². The van der Waals surface area contributed by atoms with E-state index in [9.17, 15) is 10.2 Å². The first-order valence-electron chi connectivity index (χ1n) is 21.8. The number of para-hydroxylation sites is 1. The average Bonchev–Trinajstić information content (AvgIpc) is 3.32. The van der Waals surface area contributed by atoms with E-state index in [1.165, 1.54) is 11.1 Å². The lowest BCUT2D eigenvalue weighted by Crippen LogP contribution is -2.27. The van der Waals surface area contributed by atoms with Crippen molar-refractivity contribution in [3.63, 3.8) is 0 Å². The molecule has 1 fully saturated rings. The maximum absolute atomic E-state index is 12.4. The van der Waals surface area contributed by atoms with Gasteiger partial charge in [0.25, 0.3) is 0 Å². The number of benzene rings is 9. The molecule has 2 atom stereocenters. The Balaban J connectivity index is 1.00. The summed E-state index contributed by atoms with van der Waals surface area (Å²) >= 11 is 0. The van der Waals surface area contributed by atoms with Gasteiger partial charge in [-0.3, -0.25) is 9.98 Å². The zero-order valence-corrected chi connectivity index (χ0v) is 34.7. The standard InChI is InChI=1S/C58H48N2O2/c61-57-46(23-15-27-51(57)54-44(34-39-16-3-1-4-17-39)32-30-41-20-7-10-24-48(41)54)37-59-52-28-13-14-29-53(52)60-38-47-36-43-22-9-12-26-50(43)56(58(47)62)55-45(35-40-18-5-2-6-19-40)33-31-42-21-8-11-25-49(42)55/h1-12,15-27,30-33,36-38,52-53,61-62H,13-14,28-29,34-35H2/t52-,53-/m0/s1. The number of phenols is 2. The number of phenolic OH excluding ortho intramolecular Hbond substituents is 2. The molecule has 10 rings (SSSR count). The highest BCUT2D eigenvalue weighted by atomic mass is 16.3. The first-order valence-corrected chi connectivity index (χ1v) is 21.8. The van der Waals surface area contributed by atoms with Gasteiger partial charge in [-0.15, -0.1) is 0 Å². The number of hydrogen-bond donors (Lipinski definition) is 2. The highest BCUT2D eigenvalue weighted by Crippen LogP contribution is 2.45. The minimum absolute atomic E-state index is 0.0631. The predicted molar refractivity (Wildman–Crippen MR) is 259 cm³/mol. The Morgan fingerprint density at radius 1 is 0.419 bits per heavy atom. The third-order valence-corrected chi connectivity index (χ3v) is 12.6. The van der Waals surface area contributed by atoms with Gasteiger partial charge in [0.2, 0.25) is 0 Å². The molecule has 0 unspecified atom stereocenters. The van der Waals surface area contributed by atoms with E-state index < -0.39 is 0 Å². The molecule has 1 aliphatic rings. The highest BCUT2D eigenvalue weighted by Gasteiger charge is 2.25. The fourth-order valence-corrected chi connectivity index (χ4v) is 9.54. The van der Waals surface area contributed by atoms with E-state index in [2.05, 4.69) is 146 Å². The molecule has 2 N–H and O–H groups in total. The largest absolute Gasteiger partial charge is 0.507 e. The van der Waals surface area contributed by atoms with E-state index in [0.717, 1.165) is 104 Å². The zero-order chi connectivity index (χ0) is 41.8. The van der Waals surface area contributed by atoms with Gasteiger partial charge < -0.3 is 10.2 Å². The van der Waals surface area contributed by atoms with E-state index in [-0.39, 0.29) is 23.6 Å². The molecule has 62 heavy (non-hydrogen) atoms. The third-order valence-electron chi connectivity index (χ3n) is 12.6. The van der Waals surface area contributed by atoms with E-state index >= 15 is 0 Å². The fourth-order valence-electron chi connectivity index (χ4n) is 9.54. The van der Waals surface area contributed by atoms with Gasteiger partial charge in [0.15, 0.2) is 0 Å². The summed E-state index contributed by atoms with van der Waals surface area (Å²) in [5.74, 6) is 0.460. The van der Waals surface area contributed by atoms with E-state index in [1.807, 2.05) is 48.8 Å². The Morgan fingerprint density at radius 2 is 0.903 bits per heavy atom. The second kappa shape index (κ2) is 17.4. The SMILES string of the molecule is Oc1c(C=N[C@H]2CCCC[C@@H]2N=Cc2cc3ccccc3c(-c3c(Cc4ccccc4)ccc4ccccc34)c2O)cccc1-c1c(Cc2ccccc2)ccc2ccccc12. The van der Waals surface area contributed by atoms with Crippen molar-refractivity contribution in [2.45, 2.75) is 50.6 Å². The first-order chi connectivity index (χ1) is 30.6. The van der Waals surface area contributed by atoms with Crippen LogP contribution in [0, 0.1) is 0 Å². The zero-order valence-electron chi connectivity index (χ0n) is 34.7. The van der Waals surface area contributed by atoms with Crippen molar-refractivity contribution in [3.05, 3.63) is 215 Å². The second-order valence-corrected chi connectivity index (χ2v) is 16.6. The minimum atomic E-state index is -0.0682. The Morgan fingerprint density at radius 3 is 1.50 bits per heavy atom. The van der Waals surface area contributed by atoms with Crippen LogP contribution in [0.1, 0.15) is 59.1 Å². The summed E-state index contributed by atoms with van der Waals surface area (Å²) in [4.78, 5) is 10.4. The Labute approximate surface area is 363 Å². The molecule has 1 saturated carbocycles. The predicted octanol–water partition coefficient (Wildman–Crippen LogP) is 13.9. The van der Waals surface area contributed by atoms with Crippen LogP contribution in [0.4, 0.5) is 0 Å². The third kappa shape index (κ3) is 7.76. The summed E-state index contributed by atoms with van der Waals surface area (Å²) in [7, 11) is 0. The van der Waals surface area contributed by atoms with Gasteiger partial charge in [-0.2, -0.15) is 0 Å². The summed E-state index contributed by atoms with van der Waals surface area (Å²) in [5.41, 5.74) is 9.87. The van der Waals surface area contributed by atoms with Crippen LogP contribution in [0.25, 0.3) is 54.6 Å². The minimum Gasteiger partial charge on any atom is -0.507 e. The van der Waals surface area contributed by atoms with Crippen LogP contribution >= 0.6 is 0 Å². The summed E-state index contributed by atoms with van der Waals surface area (Å²) in [6.07, 6.45) is 9.14. The molecule has 302 valence electrons. The maximum atomic E-state index is 12.4. The van der Waals surface area contributed by atoms with Crippen molar-refractivity contribution in [2.75, 3.05) is 0 Å². The van der Waals surface area contributed by atoms with Crippen LogP contribution in [0.5, 0.6) is 11.5 Å². The lowest BCUT2D eigenvalue weighted by molar-refractivity contribution is 0.390. The van der Waals surface area contributed by atoms with E-state index in [1.54, 1.807) is 0 Å². The molecule has 4 nitrogen and oxygen atoms in total. The molecule has 4 heteroatoms. The van der Waals surface area contributed by atoms with Crippen LogP contribution in [-0.2, 0) is 12.8 Å². The van der Waals surface area contributed by atoms with Crippen molar-refractivity contribution >= 4 is 44.7 Å². The van der Waals surface area contributed by atoms with Crippen molar-refractivity contribution in [1.29, 1.82) is 0 Å². The summed E-state index contributed by atoms with van der Waals surface area (Å²) in [6.45, 7) is 0. The Bertz CT molecular complexity index is 3120. The number of aliphatic imine (C=N–C) groups is 2.